The molecular weight excluding hydrogens is 373 g/mol. The Kier molecular flexibility index (Phi) is 4.63. The Balaban J connectivity index is 2.00. The number of rotatable bonds is 3. The van der Waals surface area contributed by atoms with Crippen molar-refractivity contribution in [2.24, 2.45) is 0 Å². The minimum atomic E-state index is -1.93. The quantitative estimate of drug-likeness (QED) is 0.373. The van der Waals surface area contributed by atoms with E-state index in [1.165, 1.54) is 0 Å². The van der Waals surface area contributed by atoms with Gasteiger partial charge in [-0.05, 0) is 48.5 Å². The largest absolute Gasteiger partial charge is 0.247 e. The van der Waals surface area contributed by atoms with Crippen molar-refractivity contribution in [3.05, 3.63) is 96.1 Å². The second-order valence-electron chi connectivity index (χ2n) is 5.89. The molecule has 1 aromatic heterocycles. The number of hydrogen-bond acceptors (Lipinski definition) is 1. The topological polar surface area (TPSA) is 12.9 Å². The molecule has 0 fully saturated rings. The van der Waals surface area contributed by atoms with Crippen LogP contribution in [0.15, 0.2) is 72.8 Å². The number of nitrogens with zero attached hydrogens (tertiary/aromatic N) is 1. The highest BCUT2D eigenvalue weighted by molar-refractivity contribution is 7.79. The molecule has 0 spiro atoms. The standard InChI is InChI=1S/C21H12F4NP/c22-14-6-8-16(24)19(11-14)27(20-12-15(23)7-9-17(20)25)21-10-5-13-3-1-2-4-18(13)26-21/h1-12H. The van der Waals surface area contributed by atoms with Crippen LogP contribution in [0.3, 0.4) is 0 Å². The van der Waals surface area contributed by atoms with Gasteiger partial charge in [0.15, 0.2) is 0 Å². The summed E-state index contributed by atoms with van der Waals surface area (Å²) in [7, 11) is -1.93. The van der Waals surface area contributed by atoms with Crippen molar-refractivity contribution in [1.29, 1.82) is 0 Å². The van der Waals surface area contributed by atoms with Gasteiger partial charge in [-0.3, -0.25) is 0 Å². The molecule has 0 aliphatic carbocycles. The van der Waals surface area contributed by atoms with Crippen LogP contribution in [0.25, 0.3) is 10.9 Å². The molecule has 0 atom stereocenters. The van der Waals surface area contributed by atoms with Gasteiger partial charge in [-0.15, -0.1) is 0 Å². The van der Waals surface area contributed by atoms with Crippen LogP contribution in [0.2, 0.25) is 0 Å². The molecular formula is C21H12F4NP. The van der Waals surface area contributed by atoms with Gasteiger partial charge in [0, 0.05) is 23.9 Å². The maximum absolute atomic E-state index is 14.5. The maximum Gasteiger partial charge on any atom is 0.131 e. The van der Waals surface area contributed by atoms with Crippen LogP contribution in [0, 0.1) is 23.3 Å². The molecule has 4 aromatic rings. The molecule has 0 N–H and O–H groups in total. The molecule has 1 nitrogen and oxygen atoms in total. The zero-order valence-electron chi connectivity index (χ0n) is 13.8. The van der Waals surface area contributed by atoms with Crippen LogP contribution in [0.1, 0.15) is 0 Å². The number of hydrogen-bond donors (Lipinski definition) is 0. The fourth-order valence-electron chi connectivity index (χ4n) is 2.87. The van der Waals surface area contributed by atoms with Gasteiger partial charge in [-0.2, -0.15) is 0 Å². The minimum Gasteiger partial charge on any atom is -0.247 e. The number of benzene rings is 3. The van der Waals surface area contributed by atoms with Crippen molar-refractivity contribution in [3.63, 3.8) is 0 Å². The smallest absolute Gasteiger partial charge is 0.131 e. The Bertz CT molecular complexity index is 1090. The third kappa shape index (κ3) is 3.43. The molecule has 0 aliphatic rings. The van der Waals surface area contributed by atoms with Crippen molar-refractivity contribution in [2.45, 2.75) is 0 Å². The Morgan fingerprint density at radius 1 is 0.630 bits per heavy atom. The van der Waals surface area contributed by atoms with E-state index in [1.807, 2.05) is 12.1 Å². The predicted molar refractivity (Wildman–Crippen MR) is 100 cm³/mol. The highest BCUT2D eigenvalue weighted by Crippen LogP contribution is 2.35. The van der Waals surface area contributed by atoms with E-state index >= 15 is 0 Å². The van der Waals surface area contributed by atoms with E-state index < -0.39 is 31.2 Å². The van der Waals surface area contributed by atoms with Gasteiger partial charge in [-0.25, -0.2) is 22.5 Å². The summed E-state index contributed by atoms with van der Waals surface area (Å²) >= 11 is 0. The van der Waals surface area contributed by atoms with Crippen molar-refractivity contribution >= 4 is 34.9 Å². The third-order valence-electron chi connectivity index (χ3n) is 4.11. The Morgan fingerprint density at radius 3 is 1.85 bits per heavy atom. The molecule has 3 aromatic carbocycles. The number of para-hydroxylation sites is 1. The number of pyridine rings is 1. The van der Waals surface area contributed by atoms with Gasteiger partial charge in [0.1, 0.15) is 23.3 Å². The number of halogens is 4. The van der Waals surface area contributed by atoms with Crippen LogP contribution in [-0.2, 0) is 0 Å². The highest BCUT2D eigenvalue weighted by atomic mass is 31.1. The molecule has 0 amide bonds. The first kappa shape index (κ1) is 17.6. The van der Waals surface area contributed by atoms with Crippen LogP contribution in [0.5, 0.6) is 0 Å². The zero-order chi connectivity index (χ0) is 19.0. The lowest BCUT2D eigenvalue weighted by molar-refractivity contribution is 0.605. The van der Waals surface area contributed by atoms with Gasteiger partial charge in [-0.1, -0.05) is 24.3 Å². The van der Waals surface area contributed by atoms with Crippen LogP contribution < -0.4 is 16.0 Å². The van der Waals surface area contributed by atoms with Gasteiger partial charge >= 0.3 is 0 Å². The molecule has 6 heteroatoms. The second-order valence-corrected chi connectivity index (χ2v) is 7.98. The molecule has 27 heavy (non-hydrogen) atoms. The van der Waals surface area contributed by atoms with Crippen molar-refractivity contribution < 1.29 is 17.6 Å². The van der Waals surface area contributed by atoms with Crippen molar-refractivity contribution in [1.82, 2.24) is 4.98 Å². The highest BCUT2D eigenvalue weighted by Gasteiger charge is 2.25. The summed E-state index contributed by atoms with van der Waals surface area (Å²) in [6, 6.07) is 16.7. The van der Waals surface area contributed by atoms with Crippen LogP contribution >= 0.6 is 7.92 Å². The van der Waals surface area contributed by atoms with Gasteiger partial charge in [0.2, 0.25) is 0 Å². The van der Waals surface area contributed by atoms with Crippen LogP contribution in [-0.4, -0.2) is 4.98 Å². The fraction of sp³-hybridized carbons (Fsp3) is 0. The van der Waals surface area contributed by atoms with E-state index in [2.05, 4.69) is 4.98 Å². The molecule has 4 rings (SSSR count). The SMILES string of the molecule is Fc1ccc(F)c(P(c2ccc3ccccc3n2)c2cc(F)ccc2F)c1. The molecule has 0 unspecified atom stereocenters. The molecule has 0 bridgehead atoms. The monoisotopic (exact) mass is 385 g/mol. The van der Waals surface area contributed by atoms with E-state index in [4.69, 9.17) is 0 Å². The molecule has 1 heterocycles. The van der Waals surface area contributed by atoms with Gasteiger partial charge in [0.05, 0.1) is 11.0 Å². The summed E-state index contributed by atoms with van der Waals surface area (Å²) < 4.78 is 56.7. The molecule has 0 saturated heterocycles. The third-order valence-corrected chi connectivity index (χ3v) is 6.47. The number of fused-ring (bicyclic) bond motifs is 1. The average Bonchev–Trinajstić information content (AvgIpc) is 2.67. The van der Waals surface area contributed by atoms with Crippen LogP contribution in [0.4, 0.5) is 17.6 Å². The second kappa shape index (κ2) is 7.09. The summed E-state index contributed by atoms with van der Waals surface area (Å²) in [5.74, 6) is -2.70. The predicted octanol–water partition coefficient (Wildman–Crippen LogP) is 4.55. The molecule has 0 saturated carbocycles. The summed E-state index contributed by atoms with van der Waals surface area (Å²) in [5, 5.41) is 0.769. The first-order valence-corrected chi connectivity index (χ1v) is 9.43. The first-order valence-electron chi connectivity index (χ1n) is 8.09. The van der Waals surface area contributed by atoms with E-state index in [-0.39, 0.29) is 10.6 Å². The summed E-state index contributed by atoms with van der Waals surface area (Å²) in [5.41, 5.74) is 0.994. The van der Waals surface area contributed by atoms with Crippen molar-refractivity contribution in [3.8, 4) is 0 Å². The summed E-state index contributed by atoms with van der Waals surface area (Å²) in [6.45, 7) is 0. The van der Waals surface area contributed by atoms with Gasteiger partial charge < -0.3 is 0 Å². The first-order chi connectivity index (χ1) is 13.0. The fourth-order valence-corrected chi connectivity index (χ4v) is 5.14. The minimum absolute atomic E-state index is 0.0442. The van der Waals surface area contributed by atoms with E-state index in [0.29, 0.717) is 11.0 Å². The number of aromatic nitrogens is 1. The zero-order valence-corrected chi connectivity index (χ0v) is 14.7. The normalized spacial score (nSPS) is 11.3. The van der Waals surface area contributed by atoms with E-state index in [0.717, 1.165) is 41.8 Å². The lowest BCUT2D eigenvalue weighted by Crippen LogP contribution is -2.27. The Labute approximate surface area is 154 Å². The van der Waals surface area contributed by atoms with E-state index in [1.54, 1.807) is 24.3 Å². The average molecular weight is 385 g/mol. The lowest BCUT2D eigenvalue weighted by Gasteiger charge is -2.20. The molecule has 0 aliphatic heterocycles. The van der Waals surface area contributed by atoms with Gasteiger partial charge in [0.25, 0.3) is 0 Å². The molecule has 0 radical (unpaired) electrons. The maximum atomic E-state index is 14.5. The van der Waals surface area contributed by atoms with E-state index in [9.17, 15) is 17.6 Å². The Morgan fingerprint density at radius 2 is 1.22 bits per heavy atom. The summed E-state index contributed by atoms with van der Waals surface area (Å²) in [6.07, 6.45) is 0. The lowest BCUT2D eigenvalue weighted by atomic mass is 10.2. The Hall–Kier alpha value is -2.78. The summed E-state index contributed by atoms with van der Waals surface area (Å²) in [4.78, 5) is 4.52. The van der Waals surface area contributed by atoms with Crippen molar-refractivity contribution in [2.75, 3.05) is 0 Å². The molecule has 134 valence electrons.